The standard InChI is InChI=1S/C26H22ClN3O2S/c1-15-4-9-20-19(11-15)26(25(32)29-20)23(24(31)17-3-2-10-28-12-17)22(21-13-33-14-30(21)26)16-5-7-18(27)8-6-16/h2-12,21-23H,13-14H2,1H3,(H,29,32)/t21-,22+,23-,26-/m1/s1. The molecule has 1 N–H and O–H groups in total. The third-order valence-electron chi connectivity index (χ3n) is 7.26. The number of fused-ring (bicyclic) bond motifs is 4. The molecule has 1 aromatic heterocycles. The molecule has 6 rings (SSSR count). The Kier molecular flexibility index (Phi) is 4.87. The van der Waals surface area contributed by atoms with Crippen LogP contribution in [0, 0.1) is 12.8 Å². The molecular weight excluding hydrogens is 454 g/mol. The molecule has 4 atom stereocenters. The van der Waals surface area contributed by atoms with Gasteiger partial charge < -0.3 is 5.32 Å². The summed E-state index contributed by atoms with van der Waals surface area (Å²) in [4.78, 5) is 34.7. The number of benzene rings is 2. The number of nitrogens with zero attached hydrogens (tertiary/aromatic N) is 2. The molecule has 0 unspecified atom stereocenters. The van der Waals surface area contributed by atoms with Crippen molar-refractivity contribution in [2.45, 2.75) is 24.4 Å². The predicted molar refractivity (Wildman–Crippen MR) is 131 cm³/mol. The third kappa shape index (κ3) is 2.94. The van der Waals surface area contributed by atoms with Crippen LogP contribution in [0.5, 0.6) is 0 Å². The molecule has 1 amide bonds. The zero-order chi connectivity index (χ0) is 22.7. The number of thioether (sulfide) groups is 1. The van der Waals surface area contributed by atoms with Crippen molar-refractivity contribution in [2.75, 3.05) is 16.9 Å². The molecule has 7 heteroatoms. The van der Waals surface area contributed by atoms with E-state index in [0.717, 1.165) is 28.1 Å². The lowest BCUT2D eigenvalue weighted by atomic mass is 9.69. The maximum Gasteiger partial charge on any atom is 0.250 e. The topological polar surface area (TPSA) is 62.3 Å². The normalized spacial score (nSPS) is 28.1. The van der Waals surface area contributed by atoms with Gasteiger partial charge in [-0.3, -0.25) is 19.5 Å². The Labute approximate surface area is 201 Å². The number of pyridine rings is 1. The molecule has 166 valence electrons. The quantitative estimate of drug-likeness (QED) is 0.548. The van der Waals surface area contributed by atoms with Gasteiger partial charge in [0.25, 0.3) is 0 Å². The SMILES string of the molecule is Cc1ccc2c(c1)[C@]1(C(=O)N2)[C@@H](C(=O)c2cccnc2)[C@@H](c2ccc(Cl)cc2)[C@H]2CSCN21. The fraction of sp³-hybridized carbons (Fsp3) is 0.269. The highest BCUT2D eigenvalue weighted by molar-refractivity contribution is 7.99. The molecule has 2 fully saturated rings. The van der Waals surface area contributed by atoms with Crippen molar-refractivity contribution in [3.63, 3.8) is 0 Å². The van der Waals surface area contributed by atoms with Gasteiger partial charge in [-0.25, -0.2) is 0 Å². The Morgan fingerprint density at radius 2 is 2.03 bits per heavy atom. The second-order valence-corrected chi connectivity index (χ2v) is 10.4. The van der Waals surface area contributed by atoms with Crippen molar-refractivity contribution >= 4 is 40.7 Å². The second-order valence-electron chi connectivity index (χ2n) is 8.97. The Hall–Kier alpha value is -2.67. The van der Waals surface area contributed by atoms with Crippen LogP contribution < -0.4 is 5.32 Å². The number of hydrogen-bond acceptors (Lipinski definition) is 5. The summed E-state index contributed by atoms with van der Waals surface area (Å²) in [6, 6.07) is 17.4. The molecular formula is C26H22ClN3O2S. The summed E-state index contributed by atoms with van der Waals surface area (Å²) in [5.74, 6) is 0.660. The van der Waals surface area contributed by atoms with Gasteiger partial charge >= 0.3 is 0 Å². The molecule has 3 aliphatic rings. The van der Waals surface area contributed by atoms with Gasteiger partial charge in [-0.15, -0.1) is 11.8 Å². The Morgan fingerprint density at radius 1 is 1.21 bits per heavy atom. The second kappa shape index (κ2) is 7.69. The summed E-state index contributed by atoms with van der Waals surface area (Å²) in [7, 11) is 0. The number of amides is 1. The van der Waals surface area contributed by atoms with E-state index >= 15 is 0 Å². The summed E-state index contributed by atoms with van der Waals surface area (Å²) in [6.45, 7) is 2.02. The minimum absolute atomic E-state index is 0.0491. The van der Waals surface area contributed by atoms with Crippen LogP contribution in [0.15, 0.2) is 67.0 Å². The zero-order valence-electron chi connectivity index (χ0n) is 18.0. The summed E-state index contributed by atoms with van der Waals surface area (Å²) < 4.78 is 0. The van der Waals surface area contributed by atoms with Gasteiger partial charge in [0.2, 0.25) is 5.91 Å². The molecule has 0 radical (unpaired) electrons. The average Bonchev–Trinajstić information content (AvgIpc) is 3.48. The monoisotopic (exact) mass is 475 g/mol. The van der Waals surface area contributed by atoms with Crippen molar-refractivity contribution in [2.24, 2.45) is 5.92 Å². The van der Waals surface area contributed by atoms with Gasteiger partial charge in [0, 0.05) is 57.8 Å². The van der Waals surface area contributed by atoms with Crippen LogP contribution in [-0.4, -0.2) is 39.2 Å². The lowest BCUT2D eigenvalue weighted by Gasteiger charge is -2.36. The molecule has 2 aromatic carbocycles. The van der Waals surface area contributed by atoms with Crippen molar-refractivity contribution in [3.8, 4) is 0 Å². The van der Waals surface area contributed by atoms with E-state index in [2.05, 4.69) is 21.3 Å². The number of nitrogens with one attached hydrogen (secondary N) is 1. The molecule has 0 saturated carbocycles. The first-order valence-electron chi connectivity index (χ1n) is 11.0. The zero-order valence-corrected chi connectivity index (χ0v) is 19.6. The largest absolute Gasteiger partial charge is 0.324 e. The van der Waals surface area contributed by atoms with Gasteiger partial charge in [0.05, 0.1) is 5.92 Å². The van der Waals surface area contributed by atoms with Crippen molar-refractivity contribution in [1.82, 2.24) is 9.88 Å². The first kappa shape index (κ1) is 20.9. The number of aryl methyl sites for hydroxylation is 1. The van der Waals surface area contributed by atoms with Crippen LogP contribution in [-0.2, 0) is 10.3 Å². The third-order valence-corrected chi connectivity index (χ3v) is 8.55. The number of anilines is 1. The number of aromatic nitrogens is 1. The van der Waals surface area contributed by atoms with Gasteiger partial charge in [-0.2, -0.15) is 0 Å². The van der Waals surface area contributed by atoms with Crippen LogP contribution in [0.25, 0.3) is 0 Å². The van der Waals surface area contributed by atoms with E-state index in [1.54, 1.807) is 24.5 Å². The van der Waals surface area contributed by atoms with Gasteiger partial charge in [0.15, 0.2) is 5.78 Å². The summed E-state index contributed by atoms with van der Waals surface area (Å²) in [5.41, 5.74) is 3.26. The number of carbonyl (C=O) groups is 2. The number of halogens is 1. The molecule has 1 spiro atoms. The van der Waals surface area contributed by atoms with Crippen LogP contribution in [0.2, 0.25) is 5.02 Å². The highest BCUT2D eigenvalue weighted by Crippen LogP contribution is 2.61. The number of carbonyl (C=O) groups excluding carboxylic acids is 2. The van der Waals surface area contributed by atoms with E-state index < -0.39 is 11.5 Å². The molecule has 3 aliphatic heterocycles. The minimum Gasteiger partial charge on any atom is -0.324 e. The molecule has 0 bridgehead atoms. The molecule has 4 heterocycles. The number of Topliss-reactive ketones (excluding diaryl/α,β-unsaturated/α-hetero) is 1. The lowest BCUT2D eigenvalue weighted by Crippen LogP contribution is -2.52. The maximum absolute atomic E-state index is 14.3. The van der Waals surface area contributed by atoms with Crippen LogP contribution in [0.4, 0.5) is 5.69 Å². The summed E-state index contributed by atoms with van der Waals surface area (Å²) in [6.07, 6.45) is 3.27. The lowest BCUT2D eigenvalue weighted by molar-refractivity contribution is -0.127. The van der Waals surface area contributed by atoms with Gasteiger partial charge in [-0.1, -0.05) is 41.4 Å². The smallest absolute Gasteiger partial charge is 0.250 e. The number of rotatable bonds is 3. The van der Waals surface area contributed by atoms with Crippen LogP contribution in [0.1, 0.15) is 33.0 Å². The number of hydrogen-bond donors (Lipinski definition) is 1. The number of ketones is 1. The molecule has 0 aliphatic carbocycles. The Bertz CT molecular complexity index is 1270. The van der Waals surface area contributed by atoms with Gasteiger partial charge in [0.1, 0.15) is 5.54 Å². The summed E-state index contributed by atoms with van der Waals surface area (Å²) >= 11 is 8.01. The molecule has 2 saturated heterocycles. The van der Waals surface area contributed by atoms with E-state index in [0.29, 0.717) is 16.5 Å². The average molecular weight is 476 g/mol. The van der Waals surface area contributed by atoms with E-state index in [1.165, 1.54) is 0 Å². The van der Waals surface area contributed by atoms with Crippen LogP contribution >= 0.6 is 23.4 Å². The first-order chi connectivity index (χ1) is 16.0. The van der Waals surface area contributed by atoms with Gasteiger partial charge in [-0.05, 0) is 42.8 Å². The van der Waals surface area contributed by atoms with E-state index in [-0.39, 0.29) is 23.7 Å². The highest BCUT2D eigenvalue weighted by Gasteiger charge is 2.69. The van der Waals surface area contributed by atoms with Crippen molar-refractivity contribution in [1.29, 1.82) is 0 Å². The molecule has 3 aromatic rings. The molecule has 5 nitrogen and oxygen atoms in total. The fourth-order valence-corrected chi connectivity index (χ4v) is 7.39. The summed E-state index contributed by atoms with van der Waals surface area (Å²) in [5, 5.41) is 3.76. The first-order valence-corrected chi connectivity index (χ1v) is 12.5. The maximum atomic E-state index is 14.3. The van der Waals surface area contributed by atoms with E-state index in [4.69, 9.17) is 11.6 Å². The van der Waals surface area contributed by atoms with E-state index in [9.17, 15) is 9.59 Å². The minimum atomic E-state index is -1.06. The fourth-order valence-electron chi connectivity index (χ4n) is 5.94. The van der Waals surface area contributed by atoms with Crippen molar-refractivity contribution < 1.29 is 9.59 Å². The Morgan fingerprint density at radius 3 is 2.79 bits per heavy atom. The molecule has 33 heavy (non-hydrogen) atoms. The Balaban J connectivity index is 1.63. The highest BCUT2D eigenvalue weighted by atomic mass is 35.5. The van der Waals surface area contributed by atoms with Crippen LogP contribution in [0.3, 0.4) is 0 Å². The predicted octanol–water partition coefficient (Wildman–Crippen LogP) is 4.86. The van der Waals surface area contributed by atoms with E-state index in [1.807, 2.05) is 55.1 Å². The van der Waals surface area contributed by atoms with Crippen molar-refractivity contribution in [3.05, 3.63) is 94.3 Å².